The summed E-state index contributed by atoms with van der Waals surface area (Å²) in [5, 5.41) is 0. The zero-order chi connectivity index (χ0) is 13.7. The molecule has 2 aromatic rings. The van der Waals surface area contributed by atoms with Crippen LogP contribution in [-0.2, 0) is 0 Å². The third kappa shape index (κ3) is 3.04. The van der Waals surface area contributed by atoms with Crippen LogP contribution >= 0.6 is 0 Å². The van der Waals surface area contributed by atoms with Crippen LogP contribution in [0.1, 0.15) is 32.4 Å². The van der Waals surface area contributed by atoms with Crippen molar-refractivity contribution in [3.8, 4) is 0 Å². The molecule has 1 aromatic heterocycles. The van der Waals surface area contributed by atoms with Gasteiger partial charge in [-0.05, 0) is 25.6 Å². The molecule has 3 nitrogen and oxygen atoms in total. The molecule has 0 N–H and O–H groups in total. The fourth-order valence-corrected chi connectivity index (χ4v) is 2.78. The van der Waals surface area contributed by atoms with E-state index in [1.54, 1.807) is 0 Å². The van der Waals surface area contributed by atoms with Crippen molar-refractivity contribution in [1.82, 2.24) is 14.5 Å². The maximum atomic E-state index is 4.21. The molecule has 3 heteroatoms. The Hall–Kier alpha value is -1.61. The third-order valence-corrected chi connectivity index (χ3v) is 3.83. The lowest BCUT2D eigenvalue weighted by molar-refractivity contribution is 0.189. The Morgan fingerprint density at radius 3 is 2.37 bits per heavy atom. The van der Waals surface area contributed by atoms with Gasteiger partial charge in [0.2, 0.25) is 0 Å². The summed E-state index contributed by atoms with van der Waals surface area (Å²) < 4.78 is 2.21. The number of aromatic nitrogens is 2. The molecule has 2 rings (SSSR count). The summed E-state index contributed by atoms with van der Waals surface area (Å²) in [4.78, 5) is 6.69. The number of nitrogens with zero attached hydrogens (tertiary/aromatic N) is 3. The van der Waals surface area contributed by atoms with Crippen LogP contribution in [0.25, 0.3) is 0 Å². The van der Waals surface area contributed by atoms with Crippen LogP contribution in [0.2, 0.25) is 0 Å². The molecule has 0 radical (unpaired) electrons. The number of hydrogen-bond donors (Lipinski definition) is 0. The first-order chi connectivity index (χ1) is 9.27. The van der Waals surface area contributed by atoms with E-state index in [4.69, 9.17) is 0 Å². The van der Waals surface area contributed by atoms with Crippen molar-refractivity contribution >= 4 is 0 Å². The molecule has 0 saturated heterocycles. The molecule has 0 saturated carbocycles. The van der Waals surface area contributed by atoms with E-state index in [0.29, 0.717) is 12.1 Å². The van der Waals surface area contributed by atoms with Gasteiger partial charge in [-0.15, -0.1) is 0 Å². The van der Waals surface area contributed by atoms with Crippen LogP contribution in [-0.4, -0.2) is 33.6 Å². The minimum Gasteiger partial charge on any atom is -0.328 e. The molecule has 0 spiro atoms. The number of benzene rings is 1. The molecule has 0 bridgehead atoms. The van der Waals surface area contributed by atoms with Crippen molar-refractivity contribution in [3.63, 3.8) is 0 Å². The number of imidazole rings is 1. The minimum absolute atomic E-state index is 0.309. The molecule has 1 heterocycles. The zero-order valence-corrected chi connectivity index (χ0v) is 12.0. The van der Waals surface area contributed by atoms with Gasteiger partial charge in [-0.25, -0.2) is 4.98 Å². The molecule has 0 aliphatic carbocycles. The second kappa shape index (κ2) is 6.53. The van der Waals surface area contributed by atoms with Crippen molar-refractivity contribution in [2.24, 2.45) is 0 Å². The van der Waals surface area contributed by atoms with Gasteiger partial charge in [-0.1, -0.05) is 44.2 Å². The summed E-state index contributed by atoms with van der Waals surface area (Å²) in [5.74, 6) is 0. The van der Waals surface area contributed by atoms with E-state index >= 15 is 0 Å². The number of rotatable bonds is 6. The molecule has 0 aliphatic heterocycles. The average Bonchev–Trinajstić information content (AvgIpc) is 2.95. The van der Waals surface area contributed by atoms with E-state index in [1.165, 1.54) is 5.56 Å². The lowest BCUT2D eigenvalue weighted by atomic mass is 9.99. The summed E-state index contributed by atoms with van der Waals surface area (Å²) in [6, 6.07) is 11.4. The highest BCUT2D eigenvalue weighted by atomic mass is 15.2. The second-order valence-corrected chi connectivity index (χ2v) is 4.83. The topological polar surface area (TPSA) is 21.1 Å². The largest absolute Gasteiger partial charge is 0.328 e. The van der Waals surface area contributed by atoms with Gasteiger partial charge >= 0.3 is 0 Å². The van der Waals surface area contributed by atoms with Gasteiger partial charge in [-0.2, -0.15) is 0 Å². The lowest BCUT2D eigenvalue weighted by Gasteiger charge is -2.34. The number of likely N-dealkylation sites (N-methyl/N-ethyl adjacent to an activating group) is 1. The first-order valence-electron chi connectivity index (χ1n) is 7.04. The molecule has 0 amide bonds. The van der Waals surface area contributed by atoms with Crippen molar-refractivity contribution in [3.05, 3.63) is 54.6 Å². The van der Waals surface area contributed by atoms with Gasteiger partial charge in [0.15, 0.2) is 0 Å². The summed E-state index contributed by atoms with van der Waals surface area (Å²) in [7, 11) is 0. The summed E-state index contributed by atoms with van der Waals surface area (Å²) in [6.07, 6.45) is 5.82. The Morgan fingerprint density at radius 2 is 1.84 bits per heavy atom. The van der Waals surface area contributed by atoms with E-state index in [9.17, 15) is 0 Å². The fraction of sp³-hybridized carbons (Fsp3) is 0.438. The minimum atomic E-state index is 0.309. The molecule has 2 atom stereocenters. The Balaban J connectivity index is 2.35. The highest BCUT2D eigenvalue weighted by Gasteiger charge is 2.24. The molecular formula is C16H23N3. The molecule has 0 aliphatic rings. The van der Waals surface area contributed by atoms with Crippen LogP contribution in [0.5, 0.6) is 0 Å². The maximum absolute atomic E-state index is 4.21. The highest BCUT2D eigenvalue weighted by molar-refractivity contribution is 5.21. The molecule has 102 valence electrons. The first kappa shape index (κ1) is 13.8. The van der Waals surface area contributed by atoms with Crippen LogP contribution in [0.4, 0.5) is 0 Å². The van der Waals surface area contributed by atoms with Crippen molar-refractivity contribution < 1.29 is 0 Å². The van der Waals surface area contributed by atoms with Gasteiger partial charge < -0.3 is 4.57 Å². The zero-order valence-electron chi connectivity index (χ0n) is 12.0. The Morgan fingerprint density at radius 1 is 1.16 bits per heavy atom. The van der Waals surface area contributed by atoms with E-state index in [1.807, 2.05) is 12.5 Å². The second-order valence-electron chi connectivity index (χ2n) is 4.83. The van der Waals surface area contributed by atoms with Crippen molar-refractivity contribution in [2.75, 3.05) is 13.1 Å². The molecular weight excluding hydrogens is 234 g/mol. The average molecular weight is 257 g/mol. The normalized spacial score (nSPS) is 14.5. The fourth-order valence-electron chi connectivity index (χ4n) is 2.78. The quantitative estimate of drug-likeness (QED) is 0.792. The summed E-state index contributed by atoms with van der Waals surface area (Å²) >= 11 is 0. The predicted octanol–water partition coefficient (Wildman–Crippen LogP) is 3.20. The first-order valence-corrected chi connectivity index (χ1v) is 7.04. The monoisotopic (exact) mass is 257 g/mol. The van der Waals surface area contributed by atoms with E-state index in [-0.39, 0.29) is 0 Å². The van der Waals surface area contributed by atoms with E-state index < -0.39 is 0 Å². The van der Waals surface area contributed by atoms with Gasteiger partial charge in [-0.3, -0.25) is 4.90 Å². The molecule has 1 aromatic carbocycles. The molecule has 0 unspecified atom stereocenters. The Kier molecular flexibility index (Phi) is 4.74. The smallest absolute Gasteiger partial charge is 0.0952 e. The van der Waals surface area contributed by atoms with Crippen molar-refractivity contribution in [1.29, 1.82) is 0 Å². The third-order valence-electron chi connectivity index (χ3n) is 3.83. The standard InChI is InChI=1S/C16H23N3/c1-4-18(5-2)14(3)16(19-12-11-17-13-19)15-9-7-6-8-10-15/h6-14,16H,4-5H2,1-3H3/t14-,16+/m1/s1. The Bertz CT molecular complexity index is 460. The van der Waals surface area contributed by atoms with Crippen molar-refractivity contribution in [2.45, 2.75) is 32.9 Å². The van der Waals surface area contributed by atoms with E-state index in [0.717, 1.165) is 13.1 Å². The van der Waals surface area contributed by atoms with Crippen LogP contribution in [0, 0.1) is 0 Å². The van der Waals surface area contributed by atoms with Gasteiger partial charge in [0, 0.05) is 18.4 Å². The van der Waals surface area contributed by atoms with E-state index in [2.05, 4.69) is 71.8 Å². The van der Waals surface area contributed by atoms with Gasteiger partial charge in [0.1, 0.15) is 0 Å². The molecule has 0 fully saturated rings. The lowest BCUT2D eigenvalue weighted by Crippen LogP contribution is -2.39. The van der Waals surface area contributed by atoms with Crippen LogP contribution in [0.3, 0.4) is 0 Å². The number of hydrogen-bond acceptors (Lipinski definition) is 2. The maximum Gasteiger partial charge on any atom is 0.0952 e. The van der Waals surface area contributed by atoms with Gasteiger partial charge in [0.05, 0.1) is 12.4 Å². The van der Waals surface area contributed by atoms with Crippen LogP contribution < -0.4 is 0 Å². The Labute approximate surface area is 115 Å². The predicted molar refractivity (Wildman–Crippen MR) is 79.2 cm³/mol. The highest BCUT2D eigenvalue weighted by Crippen LogP contribution is 2.25. The summed E-state index contributed by atoms with van der Waals surface area (Å²) in [5.41, 5.74) is 1.33. The summed E-state index contributed by atoms with van der Waals surface area (Å²) in [6.45, 7) is 8.86. The van der Waals surface area contributed by atoms with Gasteiger partial charge in [0.25, 0.3) is 0 Å². The van der Waals surface area contributed by atoms with Crippen LogP contribution in [0.15, 0.2) is 49.1 Å². The SMILES string of the molecule is CCN(CC)[C@H](C)[C@@H](c1ccccc1)n1ccnc1. The molecule has 19 heavy (non-hydrogen) atoms.